The third-order valence-electron chi connectivity index (χ3n) is 3.39. The van der Waals surface area contributed by atoms with Gasteiger partial charge in [-0.15, -0.1) is 10.2 Å². The molecule has 2 aromatic carbocycles. The maximum absolute atomic E-state index is 13.5. The summed E-state index contributed by atoms with van der Waals surface area (Å²) in [6.07, 6.45) is 0. The number of nitrogens with one attached hydrogen (secondary N) is 2. The molecule has 1 aliphatic heterocycles. The molecule has 1 aromatic heterocycles. The maximum Gasteiger partial charge on any atom is 0.325 e. The second-order valence-electron chi connectivity index (χ2n) is 5.04. The standard InChI is InChI=1S/C16H11FN4O3S/c17-10-3-1-2-4-11(10)18-15(22)19-16-21-20-14(25-16)9-5-6-12-13(7-9)24-8-23-12/h1-7H,8H2,(H2,18,19,21,22). The van der Waals surface area contributed by atoms with E-state index in [0.29, 0.717) is 21.6 Å². The average Bonchev–Trinajstić information content (AvgIpc) is 3.25. The number of hydrogen-bond acceptors (Lipinski definition) is 6. The van der Waals surface area contributed by atoms with E-state index in [4.69, 9.17) is 9.47 Å². The minimum atomic E-state index is -0.599. The van der Waals surface area contributed by atoms with Crippen molar-refractivity contribution in [3.8, 4) is 22.1 Å². The van der Waals surface area contributed by atoms with Crippen LogP contribution in [-0.4, -0.2) is 23.0 Å². The van der Waals surface area contributed by atoms with Gasteiger partial charge in [0.2, 0.25) is 11.9 Å². The number of para-hydroxylation sites is 1. The maximum atomic E-state index is 13.5. The lowest BCUT2D eigenvalue weighted by Crippen LogP contribution is -2.19. The van der Waals surface area contributed by atoms with Crippen LogP contribution in [0, 0.1) is 5.82 Å². The molecule has 3 aromatic rings. The molecule has 0 spiro atoms. The van der Waals surface area contributed by atoms with Gasteiger partial charge in [0, 0.05) is 5.56 Å². The fourth-order valence-electron chi connectivity index (χ4n) is 2.23. The quantitative estimate of drug-likeness (QED) is 0.745. The Morgan fingerprint density at radius 2 is 1.92 bits per heavy atom. The summed E-state index contributed by atoms with van der Waals surface area (Å²) in [4.78, 5) is 11.9. The van der Waals surface area contributed by atoms with Gasteiger partial charge in [0.1, 0.15) is 10.8 Å². The molecule has 0 unspecified atom stereocenters. The molecule has 0 aliphatic carbocycles. The van der Waals surface area contributed by atoms with Gasteiger partial charge in [-0.3, -0.25) is 5.32 Å². The molecule has 0 saturated carbocycles. The first-order valence-corrected chi connectivity index (χ1v) is 8.07. The summed E-state index contributed by atoms with van der Waals surface area (Å²) in [7, 11) is 0. The number of hydrogen-bond donors (Lipinski definition) is 2. The minimum Gasteiger partial charge on any atom is -0.454 e. The van der Waals surface area contributed by atoms with Gasteiger partial charge >= 0.3 is 6.03 Å². The smallest absolute Gasteiger partial charge is 0.325 e. The molecule has 2 heterocycles. The second-order valence-corrected chi connectivity index (χ2v) is 6.02. The van der Waals surface area contributed by atoms with Crippen molar-refractivity contribution in [1.29, 1.82) is 0 Å². The molecule has 7 nitrogen and oxygen atoms in total. The average molecular weight is 358 g/mol. The second kappa shape index (κ2) is 6.36. The lowest BCUT2D eigenvalue weighted by molar-refractivity contribution is 0.174. The Morgan fingerprint density at radius 1 is 1.08 bits per heavy atom. The van der Waals surface area contributed by atoms with Crippen LogP contribution in [0.2, 0.25) is 0 Å². The van der Waals surface area contributed by atoms with Gasteiger partial charge in [0.15, 0.2) is 11.5 Å². The number of fused-ring (bicyclic) bond motifs is 1. The van der Waals surface area contributed by atoms with Crippen molar-refractivity contribution in [1.82, 2.24) is 10.2 Å². The van der Waals surface area contributed by atoms with Gasteiger partial charge in [0.05, 0.1) is 5.69 Å². The van der Waals surface area contributed by atoms with Crippen molar-refractivity contribution in [3.05, 3.63) is 48.3 Å². The predicted octanol–water partition coefficient (Wildman–Crippen LogP) is 3.72. The summed E-state index contributed by atoms with van der Waals surface area (Å²) >= 11 is 1.19. The Balaban J connectivity index is 1.46. The number of carbonyl (C=O) groups excluding carboxylic acids is 1. The number of benzene rings is 2. The van der Waals surface area contributed by atoms with E-state index in [9.17, 15) is 9.18 Å². The van der Waals surface area contributed by atoms with E-state index >= 15 is 0 Å². The van der Waals surface area contributed by atoms with E-state index in [2.05, 4.69) is 20.8 Å². The van der Waals surface area contributed by atoms with Gasteiger partial charge in [-0.25, -0.2) is 9.18 Å². The topological polar surface area (TPSA) is 85.4 Å². The fourth-order valence-corrected chi connectivity index (χ4v) is 2.97. The van der Waals surface area contributed by atoms with Crippen LogP contribution in [0.3, 0.4) is 0 Å². The molecule has 25 heavy (non-hydrogen) atoms. The highest BCUT2D eigenvalue weighted by Crippen LogP contribution is 2.37. The Bertz CT molecular complexity index is 947. The molecular formula is C16H11FN4O3S. The Hall–Kier alpha value is -3.20. The molecule has 0 saturated heterocycles. The van der Waals surface area contributed by atoms with Crippen molar-refractivity contribution in [3.63, 3.8) is 0 Å². The number of anilines is 2. The van der Waals surface area contributed by atoms with Gasteiger partial charge in [-0.1, -0.05) is 23.5 Å². The molecule has 2 amide bonds. The first kappa shape index (κ1) is 15.3. The highest BCUT2D eigenvalue weighted by Gasteiger charge is 2.16. The SMILES string of the molecule is O=C(Nc1nnc(-c2ccc3c(c2)OCO3)s1)Nc1ccccc1F. The van der Waals surface area contributed by atoms with Crippen LogP contribution in [0.4, 0.5) is 20.0 Å². The van der Waals surface area contributed by atoms with Crippen LogP contribution >= 0.6 is 11.3 Å². The van der Waals surface area contributed by atoms with Gasteiger partial charge in [-0.05, 0) is 30.3 Å². The van der Waals surface area contributed by atoms with E-state index in [1.54, 1.807) is 24.3 Å². The number of halogens is 1. The summed E-state index contributed by atoms with van der Waals surface area (Å²) < 4.78 is 24.1. The molecular weight excluding hydrogens is 347 g/mol. The fraction of sp³-hybridized carbons (Fsp3) is 0.0625. The van der Waals surface area contributed by atoms with Crippen LogP contribution in [0.1, 0.15) is 0 Å². The monoisotopic (exact) mass is 358 g/mol. The Morgan fingerprint density at radius 3 is 2.80 bits per heavy atom. The van der Waals surface area contributed by atoms with Gasteiger partial charge in [0.25, 0.3) is 0 Å². The summed E-state index contributed by atoms with van der Waals surface area (Å²) in [5.74, 6) is 0.798. The molecule has 1 aliphatic rings. The Labute approximate surface area is 145 Å². The molecule has 0 bridgehead atoms. The van der Waals surface area contributed by atoms with Crippen LogP contribution in [-0.2, 0) is 0 Å². The van der Waals surface area contributed by atoms with Crippen LogP contribution < -0.4 is 20.1 Å². The normalized spacial score (nSPS) is 12.0. The first-order chi connectivity index (χ1) is 12.2. The number of aromatic nitrogens is 2. The van der Waals surface area contributed by atoms with E-state index < -0.39 is 11.8 Å². The lowest BCUT2D eigenvalue weighted by Gasteiger charge is -2.05. The lowest BCUT2D eigenvalue weighted by atomic mass is 10.2. The van der Waals surface area contributed by atoms with E-state index in [1.165, 1.54) is 23.5 Å². The number of rotatable bonds is 3. The number of nitrogens with zero attached hydrogens (tertiary/aromatic N) is 2. The van der Waals surface area contributed by atoms with E-state index in [-0.39, 0.29) is 12.5 Å². The summed E-state index contributed by atoms with van der Waals surface area (Å²) in [6, 6.07) is 10.7. The third-order valence-corrected chi connectivity index (χ3v) is 4.27. The molecule has 4 rings (SSSR count). The third kappa shape index (κ3) is 3.22. The zero-order valence-corrected chi connectivity index (χ0v) is 13.5. The van der Waals surface area contributed by atoms with Crippen LogP contribution in [0.15, 0.2) is 42.5 Å². The number of carbonyl (C=O) groups is 1. The molecule has 0 radical (unpaired) electrons. The zero-order chi connectivity index (χ0) is 17.2. The Kier molecular flexibility index (Phi) is 3.90. The number of urea groups is 1. The van der Waals surface area contributed by atoms with E-state index in [1.807, 2.05) is 6.07 Å². The highest BCUT2D eigenvalue weighted by atomic mass is 32.1. The minimum absolute atomic E-state index is 0.0838. The highest BCUT2D eigenvalue weighted by molar-refractivity contribution is 7.18. The van der Waals surface area contributed by atoms with Crippen LogP contribution in [0.25, 0.3) is 10.6 Å². The number of ether oxygens (including phenoxy) is 2. The van der Waals surface area contributed by atoms with Crippen molar-refractivity contribution in [2.24, 2.45) is 0 Å². The van der Waals surface area contributed by atoms with E-state index in [0.717, 1.165) is 5.56 Å². The predicted molar refractivity (Wildman–Crippen MR) is 90.5 cm³/mol. The van der Waals surface area contributed by atoms with Gasteiger partial charge in [-0.2, -0.15) is 0 Å². The molecule has 2 N–H and O–H groups in total. The van der Waals surface area contributed by atoms with Gasteiger partial charge < -0.3 is 14.8 Å². The first-order valence-electron chi connectivity index (χ1n) is 7.25. The molecule has 126 valence electrons. The van der Waals surface area contributed by atoms with Crippen molar-refractivity contribution < 1.29 is 18.7 Å². The van der Waals surface area contributed by atoms with Crippen LogP contribution in [0.5, 0.6) is 11.5 Å². The molecule has 0 atom stereocenters. The van der Waals surface area contributed by atoms with Crippen molar-refractivity contribution >= 4 is 28.2 Å². The summed E-state index contributed by atoms with van der Waals surface area (Å²) in [6.45, 7) is 0.192. The van der Waals surface area contributed by atoms with Crippen molar-refractivity contribution in [2.75, 3.05) is 17.4 Å². The molecule has 9 heteroatoms. The zero-order valence-electron chi connectivity index (χ0n) is 12.7. The number of amides is 2. The largest absolute Gasteiger partial charge is 0.454 e. The summed E-state index contributed by atoms with van der Waals surface area (Å²) in [5.41, 5.74) is 0.879. The molecule has 0 fully saturated rings. The van der Waals surface area contributed by atoms with Crippen molar-refractivity contribution in [2.45, 2.75) is 0 Å². The summed E-state index contributed by atoms with van der Waals surface area (Å²) in [5, 5.41) is 13.8.